The van der Waals surface area contributed by atoms with Gasteiger partial charge in [-0.3, -0.25) is 4.79 Å². The van der Waals surface area contributed by atoms with E-state index in [1.807, 2.05) is 23.1 Å². The fourth-order valence-electron chi connectivity index (χ4n) is 3.63. The largest absolute Gasteiger partial charge is 0.506 e. The first kappa shape index (κ1) is 17.9. The number of carbonyl (C=O) groups excluding carboxylic acids is 1. The third-order valence-electron chi connectivity index (χ3n) is 5.05. The quantitative estimate of drug-likeness (QED) is 0.884. The van der Waals surface area contributed by atoms with Crippen molar-refractivity contribution in [2.24, 2.45) is 0 Å². The molecular formula is C17H26ClN3O2. The lowest BCUT2D eigenvalue weighted by Crippen LogP contribution is -2.59. The summed E-state index contributed by atoms with van der Waals surface area (Å²) >= 11 is 0. The molecule has 128 valence electrons. The number of phenols is 1. The summed E-state index contributed by atoms with van der Waals surface area (Å²) in [4.78, 5) is 17.0. The van der Waals surface area contributed by atoms with Gasteiger partial charge in [-0.1, -0.05) is 19.1 Å². The summed E-state index contributed by atoms with van der Waals surface area (Å²) in [7, 11) is 0. The van der Waals surface area contributed by atoms with E-state index in [0.29, 0.717) is 5.75 Å². The predicted octanol–water partition coefficient (Wildman–Crippen LogP) is 1.99. The number of anilines is 1. The van der Waals surface area contributed by atoms with Gasteiger partial charge in [-0.05, 0) is 37.9 Å². The van der Waals surface area contributed by atoms with Crippen molar-refractivity contribution in [1.82, 2.24) is 10.2 Å². The maximum absolute atomic E-state index is 12.9. The first-order chi connectivity index (χ1) is 10.7. The number of amides is 1. The van der Waals surface area contributed by atoms with Crippen LogP contribution < -0.4 is 10.2 Å². The van der Waals surface area contributed by atoms with Gasteiger partial charge in [0.05, 0.1) is 11.2 Å². The minimum atomic E-state index is -0.336. The number of piperazine rings is 1. The van der Waals surface area contributed by atoms with Crippen LogP contribution in [0.2, 0.25) is 0 Å². The van der Waals surface area contributed by atoms with Gasteiger partial charge < -0.3 is 20.2 Å². The molecule has 0 spiro atoms. The number of nitrogens with zero attached hydrogens (tertiary/aromatic N) is 2. The lowest BCUT2D eigenvalue weighted by molar-refractivity contribution is -0.138. The monoisotopic (exact) mass is 339 g/mol. The van der Waals surface area contributed by atoms with Crippen molar-refractivity contribution in [2.45, 2.75) is 31.7 Å². The molecule has 0 aromatic heterocycles. The second-order valence-corrected chi connectivity index (χ2v) is 6.23. The standard InChI is InChI=1S/C17H25N3O2.ClH/c1-2-17(8-5-9-18-17)16(22)20-12-10-19(11-13-20)14-6-3-4-7-15(14)21;/h3-4,6-7,18,21H,2,5,8-13H2,1H3;1H. The van der Waals surface area contributed by atoms with Crippen LogP contribution in [0.3, 0.4) is 0 Å². The van der Waals surface area contributed by atoms with Gasteiger partial charge in [-0.25, -0.2) is 0 Å². The molecule has 2 saturated heterocycles. The number of hydrogen-bond donors (Lipinski definition) is 2. The molecule has 1 aromatic rings. The van der Waals surface area contributed by atoms with Crippen LogP contribution in [0.1, 0.15) is 26.2 Å². The summed E-state index contributed by atoms with van der Waals surface area (Å²) in [6.07, 6.45) is 2.88. The van der Waals surface area contributed by atoms with Gasteiger partial charge in [0.25, 0.3) is 0 Å². The van der Waals surface area contributed by atoms with Crippen LogP contribution in [0.5, 0.6) is 5.75 Å². The van der Waals surface area contributed by atoms with Gasteiger partial charge in [-0.2, -0.15) is 0 Å². The molecule has 0 saturated carbocycles. The van der Waals surface area contributed by atoms with Crippen molar-refractivity contribution < 1.29 is 9.90 Å². The minimum Gasteiger partial charge on any atom is -0.506 e. The highest BCUT2D eigenvalue weighted by molar-refractivity contribution is 5.87. The zero-order chi connectivity index (χ0) is 15.6. The highest BCUT2D eigenvalue weighted by Crippen LogP contribution is 2.29. The molecular weight excluding hydrogens is 314 g/mol. The van der Waals surface area contributed by atoms with E-state index in [1.165, 1.54) is 0 Å². The first-order valence-corrected chi connectivity index (χ1v) is 8.23. The normalized spacial score (nSPS) is 24.4. The van der Waals surface area contributed by atoms with Gasteiger partial charge >= 0.3 is 0 Å². The second kappa shape index (κ2) is 7.41. The van der Waals surface area contributed by atoms with E-state index in [-0.39, 0.29) is 23.9 Å². The van der Waals surface area contributed by atoms with E-state index in [2.05, 4.69) is 17.1 Å². The molecule has 6 heteroatoms. The summed E-state index contributed by atoms with van der Waals surface area (Å²) in [5, 5.41) is 13.4. The number of halogens is 1. The van der Waals surface area contributed by atoms with Gasteiger partial charge in [0.15, 0.2) is 0 Å². The Labute approximate surface area is 144 Å². The van der Waals surface area contributed by atoms with Crippen LogP contribution in [-0.4, -0.2) is 54.2 Å². The van der Waals surface area contributed by atoms with E-state index in [4.69, 9.17) is 0 Å². The Kier molecular flexibility index (Phi) is 5.76. The molecule has 1 atom stereocenters. The van der Waals surface area contributed by atoms with E-state index in [0.717, 1.165) is 57.7 Å². The molecule has 5 nitrogen and oxygen atoms in total. The Balaban J connectivity index is 0.00000192. The summed E-state index contributed by atoms with van der Waals surface area (Å²) in [5.74, 6) is 0.564. The fraction of sp³-hybridized carbons (Fsp3) is 0.588. The lowest BCUT2D eigenvalue weighted by atomic mass is 9.92. The van der Waals surface area contributed by atoms with Crippen LogP contribution in [0, 0.1) is 0 Å². The highest BCUT2D eigenvalue weighted by atomic mass is 35.5. The minimum absolute atomic E-state index is 0. The summed E-state index contributed by atoms with van der Waals surface area (Å²) in [6.45, 7) is 6.01. The maximum atomic E-state index is 12.9. The third kappa shape index (κ3) is 3.40. The van der Waals surface area contributed by atoms with Crippen molar-refractivity contribution in [3.63, 3.8) is 0 Å². The van der Waals surface area contributed by atoms with Crippen molar-refractivity contribution in [2.75, 3.05) is 37.6 Å². The van der Waals surface area contributed by atoms with Gasteiger partial charge in [0.2, 0.25) is 5.91 Å². The van der Waals surface area contributed by atoms with E-state index in [9.17, 15) is 9.90 Å². The molecule has 0 aliphatic carbocycles. The maximum Gasteiger partial charge on any atom is 0.242 e. The van der Waals surface area contributed by atoms with Gasteiger partial charge in [0.1, 0.15) is 5.75 Å². The van der Waals surface area contributed by atoms with E-state index >= 15 is 0 Å². The van der Waals surface area contributed by atoms with Crippen LogP contribution in [0.15, 0.2) is 24.3 Å². The number of nitrogens with one attached hydrogen (secondary N) is 1. The highest BCUT2D eigenvalue weighted by Gasteiger charge is 2.42. The average Bonchev–Trinajstić information content (AvgIpc) is 3.05. The predicted molar refractivity (Wildman–Crippen MR) is 94.4 cm³/mol. The Morgan fingerprint density at radius 3 is 2.52 bits per heavy atom. The summed E-state index contributed by atoms with van der Waals surface area (Å²) in [6, 6.07) is 7.40. The lowest BCUT2D eigenvalue weighted by Gasteiger charge is -2.40. The summed E-state index contributed by atoms with van der Waals surface area (Å²) < 4.78 is 0. The van der Waals surface area contributed by atoms with Crippen LogP contribution in [0.25, 0.3) is 0 Å². The van der Waals surface area contributed by atoms with Crippen molar-refractivity contribution in [3.05, 3.63) is 24.3 Å². The molecule has 0 radical (unpaired) electrons. The Morgan fingerprint density at radius 2 is 1.96 bits per heavy atom. The van der Waals surface area contributed by atoms with Crippen molar-refractivity contribution in [3.8, 4) is 5.75 Å². The number of benzene rings is 1. The molecule has 2 aliphatic heterocycles. The molecule has 0 bridgehead atoms. The zero-order valence-corrected chi connectivity index (χ0v) is 14.4. The SMILES string of the molecule is CCC1(C(=O)N2CCN(c3ccccc3O)CC2)CCCN1.Cl. The van der Waals surface area contributed by atoms with Gasteiger partial charge in [-0.15, -0.1) is 12.4 Å². The molecule has 23 heavy (non-hydrogen) atoms. The van der Waals surface area contributed by atoms with Gasteiger partial charge in [0, 0.05) is 26.2 Å². The Morgan fingerprint density at radius 1 is 1.26 bits per heavy atom. The number of para-hydroxylation sites is 2. The van der Waals surface area contributed by atoms with E-state index < -0.39 is 0 Å². The molecule has 2 heterocycles. The molecule has 1 aromatic carbocycles. The molecule has 3 rings (SSSR count). The fourth-order valence-corrected chi connectivity index (χ4v) is 3.63. The molecule has 2 N–H and O–H groups in total. The van der Waals surface area contributed by atoms with Crippen LogP contribution >= 0.6 is 12.4 Å². The number of phenolic OH excluding ortho intramolecular Hbond substituents is 1. The summed E-state index contributed by atoms with van der Waals surface area (Å²) in [5.41, 5.74) is 0.524. The average molecular weight is 340 g/mol. The zero-order valence-electron chi connectivity index (χ0n) is 13.6. The third-order valence-corrected chi connectivity index (χ3v) is 5.05. The molecule has 2 aliphatic rings. The van der Waals surface area contributed by atoms with Crippen molar-refractivity contribution >= 4 is 24.0 Å². The number of carbonyl (C=O) groups is 1. The molecule has 2 fully saturated rings. The first-order valence-electron chi connectivity index (χ1n) is 8.23. The number of rotatable bonds is 3. The Hall–Kier alpha value is -1.46. The number of hydrogen-bond acceptors (Lipinski definition) is 4. The molecule has 1 unspecified atom stereocenters. The second-order valence-electron chi connectivity index (χ2n) is 6.23. The van der Waals surface area contributed by atoms with Crippen LogP contribution in [0.4, 0.5) is 5.69 Å². The number of aromatic hydroxyl groups is 1. The topological polar surface area (TPSA) is 55.8 Å². The van der Waals surface area contributed by atoms with E-state index in [1.54, 1.807) is 6.07 Å². The van der Waals surface area contributed by atoms with Crippen molar-refractivity contribution in [1.29, 1.82) is 0 Å². The molecule has 1 amide bonds. The van der Waals surface area contributed by atoms with Crippen LogP contribution in [-0.2, 0) is 4.79 Å². The Bertz CT molecular complexity index is 538. The smallest absolute Gasteiger partial charge is 0.242 e.